The first-order valence-electron chi connectivity index (χ1n) is 7.28. The van der Waals surface area contributed by atoms with Gasteiger partial charge in [-0.3, -0.25) is 9.88 Å². The third-order valence-corrected chi connectivity index (χ3v) is 4.66. The molecule has 2 aromatic heterocycles. The van der Waals surface area contributed by atoms with Crippen molar-refractivity contribution in [3.8, 4) is 0 Å². The Morgan fingerprint density at radius 1 is 1.33 bits per heavy atom. The fourth-order valence-corrected chi connectivity index (χ4v) is 3.39. The lowest BCUT2D eigenvalue weighted by atomic mass is 10.1. The second kappa shape index (κ2) is 6.07. The smallest absolute Gasteiger partial charge is 0.146 e. The van der Waals surface area contributed by atoms with Crippen molar-refractivity contribution in [2.45, 2.75) is 32.4 Å². The van der Waals surface area contributed by atoms with Crippen LogP contribution in [0.1, 0.15) is 35.3 Å². The van der Waals surface area contributed by atoms with Gasteiger partial charge in [-0.2, -0.15) is 0 Å². The van der Waals surface area contributed by atoms with Crippen LogP contribution in [0.3, 0.4) is 0 Å². The summed E-state index contributed by atoms with van der Waals surface area (Å²) in [7, 11) is 4.00. The summed E-state index contributed by atoms with van der Waals surface area (Å²) in [6.07, 6.45) is 6.07. The van der Waals surface area contributed by atoms with Crippen LogP contribution in [-0.4, -0.2) is 40.5 Å². The average molecular weight is 303 g/mol. The highest BCUT2D eigenvalue weighted by atomic mass is 32.1. The normalized spacial score (nSPS) is 19.1. The Labute approximate surface area is 129 Å². The molecule has 112 valence electrons. The second-order valence-corrected chi connectivity index (χ2v) is 6.75. The van der Waals surface area contributed by atoms with Crippen molar-refractivity contribution in [1.29, 1.82) is 0 Å². The van der Waals surface area contributed by atoms with Crippen LogP contribution in [0.25, 0.3) is 0 Å². The highest BCUT2D eigenvalue weighted by Gasteiger charge is 2.28. The summed E-state index contributed by atoms with van der Waals surface area (Å²) in [6.45, 7) is 4.07. The first-order chi connectivity index (χ1) is 10.1. The summed E-state index contributed by atoms with van der Waals surface area (Å²) < 4.78 is 0. The third-order valence-electron chi connectivity index (χ3n) is 3.84. The summed E-state index contributed by atoms with van der Waals surface area (Å²) >= 11 is 1.72. The molecule has 6 heteroatoms. The molecule has 0 saturated carbocycles. The number of hydrogen-bond acceptors (Lipinski definition) is 6. The Balaban J connectivity index is 1.78. The molecule has 0 aromatic carbocycles. The van der Waals surface area contributed by atoms with Gasteiger partial charge in [0.15, 0.2) is 0 Å². The zero-order chi connectivity index (χ0) is 14.8. The van der Waals surface area contributed by atoms with Gasteiger partial charge in [0.05, 0.1) is 34.8 Å². The van der Waals surface area contributed by atoms with Crippen LogP contribution >= 0.6 is 11.3 Å². The molecule has 1 aliphatic rings. The predicted molar refractivity (Wildman–Crippen MR) is 85.6 cm³/mol. The van der Waals surface area contributed by atoms with Crippen LogP contribution in [0, 0.1) is 6.92 Å². The quantitative estimate of drug-likeness (QED) is 0.869. The number of aryl methyl sites for hydroxylation is 1. The van der Waals surface area contributed by atoms with Gasteiger partial charge in [0.1, 0.15) is 5.82 Å². The van der Waals surface area contributed by atoms with E-state index in [-0.39, 0.29) is 0 Å². The van der Waals surface area contributed by atoms with E-state index in [0.717, 1.165) is 36.0 Å². The van der Waals surface area contributed by atoms with Gasteiger partial charge in [-0.05, 0) is 26.3 Å². The molecule has 0 spiro atoms. The number of nitrogens with zero attached hydrogens (tertiary/aromatic N) is 5. The van der Waals surface area contributed by atoms with Crippen molar-refractivity contribution in [3.63, 3.8) is 0 Å². The van der Waals surface area contributed by atoms with Gasteiger partial charge in [0, 0.05) is 26.0 Å². The van der Waals surface area contributed by atoms with Crippen molar-refractivity contribution >= 4 is 17.2 Å². The number of aromatic nitrogens is 3. The van der Waals surface area contributed by atoms with Crippen LogP contribution < -0.4 is 4.90 Å². The lowest BCUT2D eigenvalue weighted by molar-refractivity contribution is 0.241. The Bertz CT molecular complexity index is 610. The largest absolute Gasteiger partial charge is 0.361 e. The maximum absolute atomic E-state index is 4.76. The Kier molecular flexibility index (Phi) is 4.17. The number of thiazole rings is 1. The minimum atomic E-state index is 0.361. The molecule has 1 fully saturated rings. The van der Waals surface area contributed by atoms with Crippen molar-refractivity contribution in [2.24, 2.45) is 0 Å². The van der Waals surface area contributed by atoms with Gasteiger partial charge in [0.2, 0.25) is 0 Å². The van der Waals surface area contributed by atoms with E-state index in [1.807, 2.05) is 31.4 Å². The van der Waals surface area contributed by atoms with E-state index in [2.05, 4.69) is 27.2 Å². The molecule has 1 saturated heterocycles. The van der Waals surface area contributed by atoms with Gasteiger partial charge in [-0.1, -0.05) is 0 Å². The van der Waals surface area contributed by atoms with E-state index in [9.17, 15) is 0 Å². The zero-order valence-corrected chi connectivity index (χ0v) is 13.6. The summed E-state index contributed by atoms with van der Waals surface area (Å²) in [6, 6.07) is 0.361. The van der Waals surface area contributed by atoms with Crippen molar-refractivity contribution in [2.75, 3.05) is 25.5 Å². The van der Waals surface area contributed by atoms with Crippen LogP contribution in [0.2, 0.25) is 0 Å². The Hall–Kier alpha value is -1.53. The molecular formula is C15H21N5S. The van der Waals surface area contributed by atoms with Crippen LogP contribution in [0.15, 0.2) is 17.8 Å². The minimum Gasteiger partial charge on any atom is -0.361 e. The molecule has 0 unspecified atom stereocenters. The molecule has 21 heavy (non-hydrogen) atoms. The number of rotatable bonds is 4. The van der Waals surface area contributed by atoms with Crippen LogP contribution in [0.5, 0.6) is 0 Å². The predicted octanol–water partition coefficient (Wildman–Crippen LogP) is 2.64. The molecule has 2 aromatic rings. The van der Waals surface area contributed by atoms with E-state index in [1.165, 1.54) is 12.1 Å². The standard InChI is InChI=1S/C15H21N5S/c1-11-17-12(10-21-11)9-20-6-4-5-14(20)13-7-16-8-15(18-13)19(2)3/h7-8,10,14H,4-6,9H2,1-3H3/t14-/m0/s1. The highest BCUT2D eigenvalue weighted by molar-refractivity contribution is 7.09. The second-order valence-electron chi connectivity index (χ2n) is 5.68. The van der Waals surface area contributed by atoms with Gasteiger partial charge in [0.25, 0.3) is 0 Å². The highest BCUT2D eigenvalue weighted by Crippen LogP contribution is 2.32. The lowest BCUT2D eigenvalue weighted by Crippen LogP contribution is -2.24. The summed E-state index contributed by atoms with van der Waals surface area (Å²) in [4.78, 5) is 18.2. The van der Waals surface area contributed by atoms with E-state index >= 15 is 0 Å². The molecule has 1 atom stereocenters. The number of likely N-dealkylation sites (tertiary alicyclic amines) is 1. The molecule has 0 aliphatic carbocycles. The average Bonchev–Trinajstić information content (AvgIpc) is 3.09. The van der Waals surface area contributed by atoms with Crippen LogP contribution in [-0.2, 0) is 6.54 Å². The molecule has 0 bridgehead atoms. The third kappa shape index (κ3) is 3.22. The topological polar surface area (TPSA) is 45.2 Å². The Morgan fingerprint density at radius 2 is 2.19 bits per heavy atom. The fourth-order valence-electron chi connectivity index (χ4n) is 2.79. The van der Waals surface area contributed by atoms with E-state index < -0.39 is 0 Å². The number of anilines is 1. The van der Waals surface area contributed by atoms with E-state index in [1.54, 1.807) is 11.3 Å². The lowest BCUT2D eigenvalue weighted by Gasteiger charge is -2.23. The van der Waals surface area contributed by atoms with Crippen molar-refractivity contribution in [1.82, 2.24) is 19.9 Å². The minimum absolute atomic E-state index is 0.361. The van der Waals surface area contributed by atoms with Crippen molar-refractivity contribution in [3.05, 3.63) is 34.2 Å². The van der Waals surface area contributed by atoms with Gasteiger partial charge >= 0.3 is 0 Å². The van der Waals surface area contributed by atoms with E-state index in [4.69, 9.17) is 4.98 Å². The molecule has 0 radical (unpaired) electrons. The van der Waals surface area contributed by atoms with Crippen LogP contribution in [0.4, 0.5) is 5.82 Å². The molecule has 0 amide bonds. The molecule has 0 N–H and O–H groups in total. The first-order valence-corrected chi connectivity index (χ1v) is 8.16. The van der Waals surface area contributed by atoms with Gasteiger partial charge < -0.3 is 4.90 Å². The summed E-state index contributed by atoms with van der Waals surface area (Å²) in [5.41, 5.74) is 2.24. The van der Waals surface area contributed by atoms with Gasteiger partial charge in [-0.15, -0.1) is 11.3 Å². The number of hydrogen-bond donors (Lipinski definition) is 0. The fraction of sp³-hybridized carbons (Fsp3) is 0.533. The molecular weight excluding hydrogens is 282 g/mol. The summed E-state index contributed by atoms with van der Waals surface area (Å²) in [5.74, 6) is 0.920. The maximum atomic E-state index is 4.76. The maximum Gasteiger partial charge on any atom is 0.146 e. The molecule has 3 rings (SSSR count). The first kappa shape index (κ1) is 14.4. The van der Waals surface area contributed by atoms with Crippen molar-refractivity contribution < 1.29 is 0 Å². The SMILES string of the molecule is Cc1nc(CN2CCC[C@H]2c2cncc(N(C)C)n2)cs1. The Morgan fingerprint density at radius 3 is 2.90 bits per heavy atom. The molecule has 5 nitrogen and oxygen atoms in total. The molecule has 3 heterocycles. The van der Waals surface area contributed by atoms with Gasteiger partial charge in [-0.25, -0.2) is 9.97 Å². The summed E-state index contributed by atoms with van der Waals surface area (Å²) in [5, 5.41) is 3.29. The zero-order valence-electron chi connectivity index (χ0n) is 12.8. The molecule has 1 aliphatic heterocycles. The van der Waals surface area contributed by atoms with E-state index in [0.29, 0.717) is 6.04 Å². The monoisotopic (exact) mass is 303 g/mol.